The predicted octanol–water partition coefficient (Wildman–Crippen LogP) is 4.61. The van der Waals surface area contributed by atoms with Crippen LogP contribution in [0.5, 0.6) is 0 Å². The molecule has 0 aliphatic rings. The third kappa shape index (κ3) is 5.72. The van der Waals surface area contributed by atoms with Gasteiger partial charge in [-0.3, -0.25) is 9.59 Å². The number of nitrogens with zero attached hydrogens (tertiary/aromatic N) is 2. The lowest BCUT2D eigenvalue weighted by Crippen LogP contribution is -2.25. The topological polar surface area (TPSA) is 99.8 Å². The Kier molecular flexibility index (Phi) is 7.14. The third-order valence-corrected chi connectivity index (χ3v) is 6.15. The highest BCUT2D eigenvalue weighted by Crippen LogP contribution is 2.19. The van der Waals surface area contributed by atoms with Crippen LogP contribution in [0.15, 0.2) is 54.7 Å². The van der Waals surface area contributed by atoms with Crippen LogP contribution in [0.25, 0.3) is 10.9 Å². The molecule has 4 rings (SSSR count). The molecule has 0 fully saturated rings. The normalized spacial score (nSPS) is 10.9. The molecule has 2 amide bonds. The number of nitrogens with one attached hydrogen (secondary N) is 3. The number of aromatic nitrogens is 3. The van der Waals surface area contributed by atoms with Crippen molar-refractivity contribution in [1.29, 1.82) is 0 Å². The molecular weight excluding hydrogens is 446 g/mol. The van der Waals surface area contributed by atoms with E-state index >= 15 is 0 Å². The number of fused-ring (bicyclic) bond motifs is 1. The molecular formula is C23H22ClN5O2S. The van der Waals surface area contributed by atoms with Crippen molar-refractivity contribution in [2.75, 3.05) is 11.9 Å². The average Bonchev–Trinajstić information content (AvgIpc) is 3.41. The SMILES string of the molecule is O=C(CCCc1nnc(C(=O)Nc2cccc(Cl)c2)s1)NCCc1c[nH]c2ccccc12. The van der Waals surface area contributed by atoms with Gasteiger partial charge in [-0.25, -0.2) is 0 Å². The van der Waals surface area contributed by atoms with Gasteiger partial charge in [-0.15, -0.1) is 10.2 Å². The fourth-order valence-corrected chi connectivity index (χ4v) is 4.33. The molecule has 0 aliphatic carbocycles. The predicted molar refractivity (Wildman–Crippen MR) is 127 cm³/mol. The minimum Gasteiger partial charge on any atom is -0.361 e. The fourth-order valence-electron chi connectivity index (χ4n) is 3.36. The lowest BCUT2D eigenvalue weighted by atomic mass is 10.1. The Morgan fingerprint density at radius 3 is 2.81 bits per heavy atom. The number of aromatic amines is 1. The Bertz CT molecular complexity index is 1240. The molecule has 7 nitrogen and oxygen atoms in total. The van der Waals surface area contributed by atoms with Gasteiger partial charge in [0.15, 0.2) is 0 Å². The molecule has 0 aliphatic heterocycles. The van der Waals surface area contributed by atoms with Crippen molar-refractivity contribution < 1.29 is 9.59 Å². The zero-order valence-corrected chi connectivity index (χ0v) is 18.8. The van der Waals surface area contributed by atoms with Crippen LogP contribution in [-0.2, 0) is 17.6 Å². The van der Waals surface area contributed by atoms with Crippen molar-refractivity contribution in [2.24, 2.45) is 0 Å². The zero-order valence-electron chi connectivity index (χ0n) is 17.2. The quantitative estimate of drug-likeness (QED) is 0.334. The minimum absolute atomic E-state index is 0.00767. The second kappa shape index (κ2) is 10.4. The molecule has 9 heteroatoms. The van der Waals surface area contributed by atoms with Gasteiger partial charge in [0.05, 0.1) is 0 Å². The summed E-state index contributed by atoms with van der Waals surface area (Å²) in [6.07, 6.45) is 4.41. The van der Waals surface area contributed by atoms with Crippen LogP contribution in [0, 0.1) is 0 Å². The number of para-hydroxylation sites is 1. The van der Waals surface area contributed by atoms with E-state index in [1.807, 2.05) is 24.4 Å². The first-order chi connectivity index (χ1) is 15.6. The molecule has 32 heavy (non-hydrogen) atoms. The van der Waals surface area contributed by atoms with Gasteiger partial charge in [0.25, 0.3) is 5.91 Å². The van der Waals surface area contributed by atoms with Gasteiger partial charge >= 0.3 is 0 Å². The van der Waals surface area contributed by atoms with E-state index in [4.69, 9.17) is 11.6 Å². The second-order valence-corrected chi connectivity index (χ2v) is 8.78. The van der Waals surface area contributed by atoms with E-state index in [9.17, 15) is 9.59 Å². The van der Waals surface area contributed by atoms with E-state index in [0.29, 0.717) is 36.5 Å². The first-order valence-corrected chi connectivity index (χ1v) is 11.5. The van der Waals surface area contributed by atoms with Crippen LogP contribution in [0.4, 0.5) is 5.69 Å². The smallest absolute Gasteiger partial charge is 0.286 e. The van der Waals surface area contributed by atoms with Crippen molar-refractivity contribution in [1.82, 2.24) is 20.5 Å². The molecule has 0 bridgehead atoms. The first-order valence-electron chi connectivity index (χ1n) is 10.3. The highest BCUT2D eigenvalue weighted by molar-refractivity contribution is 7.13. The van der Waals surface area contributed by atoms with Crippen molar-refractivity contribution >= 4 is 51.3 Å². The molecule has 2 aromatic heterocycles. The van der Waals surface area contributed by atoms with Gasteiger partial charge in [0.2, 0.25) is 10.9 Å². The Balaban J connectivity index is 1.18. The Labute approximate surface area is 194 Å². The number of carbonyl (C=O) groups excluding carboxylic acids is 2. The highest BCUT2D eigenvalue weighted by Gasteiger charge is 2.14. The fraction of sp³-hybridized carbons (Fsp3) is 0.217. The van der Waals surface area contributed by atoms with Gasteiger partial charge in [-0.1, -0.05) is 47.2 Å². The number of amides is 2. The van der Waals surface area contributed by atoms with E-state index in [2.05, 4.69) is 31.9 Å². The molecule has 164 valence electrons. The largest absolute Gasteiger partial charge is 0.361 e. The van der Waals surface area contributed by atoms with E-state index in [1.165, 1.54) is 22.3 Å². The van der Waals surface area contributed by atoms with Crippen LogP contribution in [0.2, 0.25) is 5.02 Å². The summed E-state index contributed by atoms with van der Waals surface area (Å²) in [5.74, 6) is -0.320. The number of anilines is 1. The maximum atomic E-state index is 12.3. The number of hydrogen-bond acceptors (Lipinski definition) is 5. The monoisotopic (exact) mass is 467 g/mol. The van der Waals surface area contributed by atoms with Crippen molar-refractivity contribution in [2.45, 2.75) is 25.7 Å². The molecule has 0 spiro atoms. The summed E-state index contributed by atoms with van der Waals surface area (Å²) in [5.41, 5.74) is 2.90. The summed E-state index contributed by atoms with van der Waals surface area (Å²) < 4.78 is 0. The molecule has 0 saturated heterocycles. The number of aryl methyl sites for hydroxylation is 1. The summed E-state index contributed by atoms with van der Waals surface area (Å²) >= 11 is 7.16. The number of hydrogen-bond donors (Lipinski definition) is 3. The third-order valence-electron chi connectivity index (χ3n) is 4.93. The number of carbonyl (C=O) groups is 2. The van der Waals surface area contributed by atoms with Crippen LogP contribution < -0.4 is 10.6 Å². The van der Waals surface area contributed by atoms with Crippen molar-refractivity contribution in [3.05, 3.63) is 75.3 Å². The summed E-state index contributed by atoms with van der Waals surface area (Å²) in [7, 11) is 0. The molecule has 0 radical (unpaired) electrons. The molecule has 3 N–H and O–H groups in total. The van der Waals surface area contributed by atoms with Gasteiger partial charge in [-0.2, -0.15) is 0 Å². The molecule has 0 saturated carbocycles. The van der Waals surface area contributed by atoms with E-state index in [0.717, 1.165) is 16.9 Å². The van der Waals surface area contributed by atoms with Crippen molar-refractivity contribution in [3.8, 4) is 0 Å². The minimum atomic E-state index is -0.328. The Morgan fingerprint density at radius 1 is 1.06 bits per heavy atom. The molecule has 0 unspecified atom stereocenters. The maximum Gasteiger partial charge on any atom is 0.286 e. The number of halogens is 1. The van der Waals surface area contributed by atoms with Crippen LogP contribution in [0.3, 0.4) is 0 Å². The van der Waals surface area contributed by atoms with Crippen LogP contribution in [-0.4, -0.2) is 33.5 Å². The summed E-state index contributed by atoms with van der Waals surface area (Å²) in [4.78, 5) is 27.7. The Hall–Kier alpha value is -3.23. The summed E-state index contributed by atoms with van der Waals surface area (Å²) in [6, 6.07) is 15.0. The zero-order chi connectivity index (χ0) is 22.3. The van der Waals surface area contributed by atoms with Gasteiger partial charge < -0.3 is 15.6 Å². The second-order valence-electron chi connectivity index (χ2n) is 7.28. The van der Waals surface area contributed by atoms with E-state index < -0.39 is 0 Å². The lowest BCUT2D eigenvalue weighted by molar-refractivity contribution is -0.121. The number of H-pyrrole nitrogens is 1. The van der Waals surface area contributed by atoms with E-state index in [1.54, 1.807) is 24.3 Å². The molecule has 2 heterocycles. The Morgan fingerprint density at radius 2 is 1.94 bits per heavy atom. The highest BCUT2D eigenvalue weighted by atomic mass is 35.5. The number of rotatable bonds is 9. The molecule has 4 aromatic rings. The first kappa shape index (κ1) is 22.0. The van der Waals surface area contributed by atoms with Crippen LogP contribution >= 0.6 is 22.9 Å². The van der Waals surface area contributed by atoms with Crippen molar-refractivity contribution in [3.63, 3.8) is 0 Å². The summed E-state index contributed by atoms with van der Waals surface area (Å²) in [5, 5.41) is 16.5. The van der Waals surface area contributed by atoms with Gasteiger partial charge in [0.1, 0.15) is 5.01 Å². The standard InChI is InChI=1S/C23H22ClN5O2S/c24-16-5-3-6-17(13-16)27-22(31)23-29-28-21(32-23)10-4-9-20(30)25-12-11-15-14-26-19-8-2-1-7-18(15)19/h1-3,5-8,13-14,26H,4,9-12H2,(H,25,30)(H,27,31). The average molecular weight is 468 g/mol. The summed E-state index contributed by atoms with van der Waals surface area (Å²) in [6.45, 7) is 0.591. The lowest BCUT2D eigenvalue weighted by Gasteiger charge is -2.04. The van der Waals surface area contributed by atoms with E-state index in [-0.39, 0.29) is 16.8 Å². The molecule has 0 atom stereocenters. The molecule has 2 aromatic carbocycles. The number of benzene rings is 2. The van der Waals surface area contributed by atoms with Gasteiger partial charge in [0, 0.05) is 47.2 Å². The maximum absolute atomic E-state index is 12.3. The van der Waals surface area contributed by atoms with Crippen LogP contribution in [0.1, 0.15) is 33.2 Å². The van der Waals surface area contributed by atoms with Gasteiger partial charge in [-0.05, 0) is 42.7 Å².